The summed E-state index contributed by atoms with van der Waals surface area (Å²) >= 11 is 9.79. The Balaban J connectivity index is 2.23. The van der Waals surface area contributed by atoms with Crippen molar-refractivity contribution in [2.45, 2.75) is 11.8 Å². The van der Waals surface area contributed by atoms with Crippen LogP contribution >= 0.6 is 27.5 Å². The number of hydrogen-bond acceptors (Lipinski definition) is 1. The van der Waals surface area contributed by atoms with Gasteiger partial charge in [-0.2, -0.15) is 0 Å². The van der Waals surface area contributed by atoms with Crippen molar-refractivity contribution in [3.8, 4) is 5.75 Å². The Hall–Kier alpha value is -1.13. The first-order valence-electron chi connectivity index (χ1n) is 5.92. The first-order chi connectivity index (χ1) is 9.51. The van der Waals surface area contributed by atoms with Gasteiger partial charge < -0.3 is 4.74 Å². The van der Waals surface area contributed by atoms with Crippen molar-refractivity contribution in [1.82, 2.24) is 0 Å². The van der Waals surface area contributed by atoms with Crippen molar-refractivity contribution in [3.05, 3.63) is 63.6 Å². The molecule has 2 rings (SSSR count). The second kappa shape index (κ2) is 6.55. The van der Waals surface area contributed by atoms with Crippen LogP contribution in [0.4, 0.5) is 8.78 Å². The Kier molecular flexibility index (Phi) is 5.00. The lowest BCUT2D eigenvalue weighted by Gasteiger charge is -2.13. The number of hydrogen-bond donors (Lipinski definition) is 0. The molecule has 0 saturated carbocycles. The van der Waals surface area contributed by atoms with Crippen LogP contribution in [0.3, 0.4) is 0 Å². The molecule has 0 bridgehead atoms. The lowest BCUT2D eigenvalue weighted by Crippen LogP contribution is -1.99. The van der Waals surface area contributed by atoms with E-state index in [0.29, 0.717) is 17.7 Å². The first kappa shape index (κ1) is 15.3. The normalized spacial score (nSPS) is 12.2. The van der Waals surface area contributed by atoms with Gasteiger partial charge in [-0.05, 0) is 47.9 Å². The van der Waals surface area contributed by atoms with Crippen LogP contribution in [0, 0.1) is 11.6 Å². The van der Waals surface area contributed by atoms with Crippen LogP contribution in [0.5, 0.6) is 5.75 Å². The quantitative estimate of drug-likeness (QED) is 0.675. The molecule has 0 aliphatic carbocycles. The minimum atomic E-state index is -0.865. The molecule has 5 heteroatoms. The van der Waals surface area contributed by atoms with E-state index in [2.05, 4.69) is 15.9 Å². The highest BCUT2D eigenvalue weighted by atomic mass is 79.9. The van der Waals surface area contributed by atoms with Crippen LogP contribution in [0.2, 0.25) is 0 Å². The molecule has 0 N–H and O–H groups in total. The average molecular weight is 362 g/mol. The van der Waals surface area contributed by atoms with Crippen molar-refractivity contribution < 1.29 is 13.5 Å². The second-order valence-electron chi connectivity index (χ2n) is 4.31. The molecule has 1 unspecified atom stereocenters. The molecular weight excluding hydrogens is 350 g/mol. The third kappa shape index (κ3) is 3.49. The van der Waals surface area contributed by atoms with E-state index in [4.69, 9.17) is 16.3 Å². The number of rotatable bonds is 4. The molecule has 0 aliphatic heterocycles. The second-order valence-corrected chi connectivity index (χ2v) is 5.69. The molecular formula is C15H12BrClF2O. The summed E-state index contributed by atoms with van der Waals surface area (Å²) in [6.45, 7) is 0. The minimum absolute atomic E-state index is 0.371. The van der Waals surface area contributed by atoms with Crippen LogP contribution in [-0.4, -0.2) is 7.11 Å². The largest absolute Gasteiger partial charge is 0.497 e. The average Bonchev–Trinajstić information content (AvgIpc) is 2.43. The summed E-state index contributed by atoms with van der Waals surface area (Å²) in [4.78, 5) is 0. The predicted molar refractivity (Wildman–Crippen MR) is 79.4 cm³/mol. The van der Waals surface area contributed by atoms with Crippen LogP contribution in [0.1, 0.15) is 16.5 Å². The summed E-state index contributed by atoms with van der Waals surface area (Å²) in [6.07, 6.45) is 0.393. The van der Waals surface area contributed by atoms with Crippen molar-refractivity contribution in [3.63, 3.8) is 0 Å². The van der Waals surface area contributed by atoms with Gasteiger partial charge in [0.2, 0.25) is 0 Å². The molecule has 0 spiro atoms. The van der Waals surface area contributed by atoms with E-state index in [0.717, 1.165) is 16.1 Å². The van der Waals surface area contributed by atoms with E-state index < -0.39 is 11.6 Å². The molecule has 0 radical (unpaired) electrons. The van der Waals surface area contributed by atoms with Crippen LogP contribution in [0.25, 0.3) is 0 Å². The zero-order valence-corrected chi connectivity index (χ0v) is 13.0. The van der Waals surface area contributed by atoms with E-state index >= 15 is 0 Å². The summed E-state index contributed by atoms with van der Waals surface area (Å²) < 4.78 is 32.1. The molecule has 0 aromatic heterocycles. The summed E-state index contributed by atoms with van der Waals surface area (Å²) in [6, 6.07) is 9.28. The lowest BCUT2D eigenvalue weighted by atomic mass is 10.0. The van der Waals surface area contributed by atoms with Crippen LogP contribution in [-0.2, 0) is 6.42 Å². The molecule has 0 heterocycles. The van der Waals surface area contributed by atoms with E-state index in [9.17, 15) is 8.78 Å². The van der Waals surface area contributed by atoms with Gasteiger partial charge in [0, 0.05) is 4.47 Å². The predicted octanol–water partition coefficient (Wildman–Crippen LogP) is 5.26. The first-order valence-corrected chi connectivity index (χ1v) is 7.15. The van der Waals surface area contributed by atoms with Crippen molar-refractivity contribution in [2.24, 2.45) is 0 Å². The number of benzene rings is 2. The van der Waals surface area contributed by atoms with Crippen molar-refractivity contribution >= 4 is 27.5 Å². The Morgan fingerprint density at radius 3 is 2.55 bits per heavy atom. The Morgan fingerprint density at radius 1 is 1.15 bits per heavy atom. The zero-order valence-electron chi connectivity index (χ0n) is 10.7. The smallest absolute Gasteiger partial charge is 0.159 e. The Morgan fingerprint density at radius 2 is 1.90 bits per heavy atom. The number of ether oxygens (including phenoxy) is 1. The number of alkyl halides is 1. The van der Waals surface area contributed by atoms with Crippen LogP contribution in [0.15, 0.2) is 40.9 Å². The maximum Gasteiger partial charge on any atom is 0.159 e. The third-order valence-corrected chi connectivity index (χ3v) is 4.05. The van der Waals surface area contributed by atoms with E-state index in [1.807, 2.05) is 18.2 Å². The highest BCUT2D eigenvalue weighted by Crippen LogP contribution is 2.33. The summed E-state index contributed by atoms with van der Waals surface area (Å²) in [5.74, 6) is -1.03. The van der Waals surface area contributed by atoms with Gasteiger partial charge in [-0.1, -0.05) is 22.0 Å². The molecule has 1 nitrogen and oxygen atoms in total. The maximum absolute atomic E-state index is 13.2. The van der Waals surface area contributed by atoms with Gasteiger partial charge in [-0.15, -0.1) is 11.6 Å². The van der Waals surface area contributed by atoms with Gasteiger partial charge in [0.05, 0.1) is 12.5 Å². The monoisotopic (exact) mass is 360 g/mol. The fourth-order valence-electron chi connectivity index (χ4n) is 1.87. The van der Waals surface area contributed by atoms with E-state index in [-0.39, 0.29) is 5.38 Å². The molecule has 106 valence electrons. The maximum atomic E-state index is 13.2. The fourth-order valence-corrected chi connectivity index (χ4v) is 2.89. The lowest BCUT2D eigenvalue weighted by molar-refractivity contribution is 0.414. The molecule has 0 fully saturated rings. The molecule has 1 atom stereocenters. The molecule has 0 aliphatic rings. The molecule has 2 aromatic rings. The molecule has 2 aromatic carbocycles. The van der Waals surface area contributed by atoms with Crippen molar-refractivity contribution in [1.29, 1.82) is 0 Å². The van der Waals surface area contributed by atoms with Gasteiger partial charge in [0.15, 0.2) is 11.6 Å². The zero-order chi connectivity index (χ0) is 14.7. The number of halogens is 4. The Bertz CT molecular complexity index is 619. The van der Waals surface area contributed by atoms with Gasteiger partial charge in [0.1, 0.15) is 5.75 Å². The minimum Gasteiger partial charge on any atom is -0.497 e. The molecule has 0 amide bonds. The van der Waals surface area contributed by atoms with Gasteiger partial charge >= 0.3 is 0 Å². The summed E-state index contributed by atoms with van der Waals surface area (Å²) in [7, 11) is 1.58. The van der Waals surface area contributed by atoms with Crippen LogP contribution < -0.4 is 4.74 Å². The third-order valence-electron chi connectivity index (χ3n) is 2.94. The SMILES string of the molecule is COc1ccc(Br)c(C(Cl)Cc2ccc(F)c(F)c2)c1. The topological polar surface area (TPSA) is 9.23 Å². The fraction of sp³-hybridized carbons (Fsp3) is 0.200. The molecule has 20 heavy (non-hydrogen) atoms. The van der Waals surface area contributed by atoms with Gasteiger partial charge in [-0.25, -0.2) is 8.78 Å². The van der Waals surface area contributed by atoms with Crippen molar-refractivity contribution in [2.75, 3.05) is 7.11 Å². The van der Waals surface area contributed by atoms with Gasteiger partial charge in [-0.3, -0.25) is 0 Å². The number of methoxy groups -OCH3 is 1. The van der Waals surface area contributed by atoms with Gasteiger partial charge in [0.25, 0.3) is 0 Å². The highest BCUT2D eigenvalue weighted by molar-refractivity contribution is 9.10. The Labute approximate surface area is 129 Å². The van der Waals surface area contributed by atoms with E-state index in [1.165, 1.54) is 12.1 Å². The molecule has 0 saturated heterocycles. The standard InChI is InChI=1S/C15H12BrClF2O/c1-20-10-3-4-12(16)11(8-10)13(17)6-9-2-5-14(18)15(19)7-9/h2-5,7-8,13H,6H2,1H3. The van der Waals surface area contributed by atoms with E-state index in [1.54, 1.807) is 7.11 Å². The summed E-state index contributed by atoms with van der Waals surface area (Å²) in [5.41, 5.74) is 1.48. The highest BCUT2D eigenvalue weighted by Gasteiger charge is 2.14. The summed E-state index contributed by atoms with van der Waals surface area (Å²) in [5, 5.41) is -0.371.